The van der Waals surface area contributed by atoms with Gasteiger partial charge in [-0.05, 0) is 25.2 Å². The highest BCUT2D eigenvalue weighted by Crippen LogP contribution is 2.27. The summed E-state index contributed by atoms with van der Waals surface area (Å²) in [5.41, 5.74) is 5.51. The highest BCUT2D eigenvalue weighted by atomic mass is 35.5. The molecular formula is C10H15ClN4. The summed E-state index contributed by atoms with van der Waals surface area (Å²) >= 11 is 5.79. The third-order valence-corrected chi connectivity index (χ3v) is 2.95. The van der Waals surface area contributed by atoms with E-state index in [1.54, 1.807) is 6.07 Å². The Hall–Kier alpha value is -1.03. The normalized spacial score (nSPS) is 25.5. The fourth-order valence-electron chi connectivity index (χ4n) is 2.06. The first kappa shape index (κ1) is 10.5. The molecule has 2 atom stereocenters. The lowest BCUT2D eigenvalue weighted by Crippen LogP contribution is -2.16. The molecule has 1 aliphatic carbocycles. The van der Waals surface area contributed by atoms with Crippen molar-refractivity contribution in [1.82, 2.24) is 9.97 Å². The number of rotatable bonds is 2. The largest absolute Gasteiger partial charge is 0.368 e. The highest BCUT2D eigenvalue weighted by molar-refractivity contribution is 6.29. The van der Waals surface area contributed by atoms with Crippen molar-refractivity contribution >= 4 is 23.4 Å². The van der Waals surface area contributed by atoms with Gasteiger partial charge < -0.3 is 11.1 Å². The van der Waals surface area contributed by atoms with E-state index in [1.165, 1.54) is 19.3 Å². The molecule has 1 aromatic heterocycles. The fraction of sp³-hybridized carbons (Fsp3) is 0.600. The molecule has 1 aromatic rings. The lowest BCUT2D eigenvalue weighted by Gasteiger charge is -2.13. The number of aromatic nitrogens is 2. The van der Waals surface area contributed by atoms with E-state index in [1.807, 2.05) is 0 Å². The van der Waals surface area contributed by atoms with Crippen LogP contribution in [-0.4, -0.2) is 16.0 Å². The fourth-order valence-corrected chi connectivity index (χ4v) is 2.25. The number of nitrogens with one attached hydrogen (secondary N) is 1. The van der Waals surface area contributed by atoms with Crippen LogP contribution < -0.4 is 11.1 Å². The van der Waals surface area contributed by atoms with E-state index in [2.05, 4.69) is 22.2 Å². The summed E-state index contributed by atoms with van der Waals surface area (Å²) < 4.78 is 0. The molecule has 0 bridgehead atoms. The van der Waals surface area contributed by atoms with Gasteiger partial charge in [-0.25, -0.2) is 4.98 Å². The number of hydrogen-bond acceptors (Lipinski definition) is 4. The monoisotopic (exact) mass is 226 g/mol. The lowest BCUT2D eigenvalue weighted by atomic mass is 10.1. The van der Waals surface area contributed by atoms with Crippen LogP contribution in [0.1, 0.15) is 26.2 Å². The Kier molecular flexibility index (Phi) is 2.95. The molecule has 0 radical (unpaired) electrons. The summed E-state index contributed by atoms with van der Waals surface area (Å²) in [5, 5.41) is 3.72. The van der Waals surface area contributed by atoms with E-state index in [9.17, 15) is 0 Å². The average molecular weight is 227 g/mol. The van der Waals surface area contributed by atoms with Gasteiger partial charge in [0.25, 0.3) is 0 Å². The van der Waals surface area contributed by atoms with E-state index < -0.39 is 0 Å². The molecule has 5 heteroatoms. The molecule has 1 aliphatic rings. The Bertz CT molecular complexity index is 335. The van der Waals surface area contributed by atoms with Crippen LogP contribution in [0.5, 0.6) is 0 Å². The summed E-state index contributed by atoms with van der Waals surface area (Å²) in [6.45, 7) is 2.27. The quantitative estimate of drug-likeness (QED) is 0.760. The number of halogens is 1. The third kappa shape index (κ3) is 2.72. The van der Waals surface area contributed by atoms with Crippen molar-refractivity contribution in [2.24, 2.45) is 5.92 Å². The van der Waals surface area contributed by atoms with Crippen molar-refractivity contribution in [3.05, 3.63) is 11.2 Å². The third-order valence-electron chi connectivity index (χ3n) is 2.76. The number of nitrogens with two attached hydrogens (primary N) is 1. The van der Waals surface area contributed by atoms with E-state index in [4.69, 9.17) is 17.3 Å². The maximum atomic E-state index is 5.79. The minimum atomic E-state index is 0.219. The van der Waals surface area contributed by atoms with Crippen LogP contribution in [0.15, 0.2) is 6.07 Å². The average Bonchev–Trinajstić information content (AvgIpc) is 2.49. The second-order valence-electron chi connectivity index (χ2n) is 4.19. The Morgan fingerprint density at radius 2 is 2.27 bits per heavy atom. The summed E-state index contributed by atoms with van der Waals surface area (Å²) in [6, 6.07) is 2.20. The highest BCUT2D eigenvalue weighted by Gasteiger charge is 2.21. The molecule has 1 fully saturated rings. The zero-order valence-corrected chi connectivity index (χ0v) is 9.46. The zero-order valence-electron chi connectivity index (χ0n) is 8.70. The molecule has 82 valence electrons. The second-order valence-corrected chi connectivity index (χ2v) is 4.58. The van der Waals surface area contributed by atoms with E-state index in [0.29, 0.717) is 11.2 Å². The van der Waals surface area contributed by atoms with Gasteiger partial charge in [-0.15, -0.1) is 0 Å². The molecule has 0 saturated heterocycles. The van der Waals surface area contributed by atoms with Crippen LogP contribution in [0.25, 0.3) is 0 Å². The first-order chi connectivity index (χ1) is 7.13. The van der Waals surface area contributed by atoms with Gasteiger partial charge in [-0.1, -0.05) is 18.5 Å². The van der Waals surface area contributed by atoms with Crippen molar-refractivity contribution in [1.29, 1.82) is 0 Å². The smallest absolute Gasteiger partial charge is 0.223 e. The molecule has 2 rings (SSSR count). The number of nitrogens with zero attached hydrogens (tertiary/aromatic N) is 2. The van der Waals surface area contributed by atoms with Gasteiger partial charge in [-0.3, -0.25) is 0 Å². The summed E-state index contributed by atoms with van der Waals surface area (Å²) in [6.07, 6.45) is 3.64. The van der Waals surface area contributed by atoms with Gasteiger partial charge in [-0.2, -0.15) is 4.98 Å². The topological polar surface area (TPSA) is 63.8 Å². The molecule has 0 aromatic carbocycles. The molecule has 0 amide bonds. The van der Waals surface area contributed by atoms with Gasteiger partial charge in [0.15, 0.2) is 0 Å². The van der Waals surface area contributed by atoms with Crippen molar-refractivity contribution in [2.75, 3.05) is 11.1 Å². The van der Waals surface area contributed by atoms with Gasteiger partial charge in [0.2, 0.25) is 5.95 Å². The molecule has 15 heavy (non-hydrogen) atoms. The van der Waals surface area contributed by atoms with E-state index >= 15 is 0 Å². The van der Waals surface area contributed by atoms with Crippen molar-refractivity contribution < 1.29 is 0 Å². The SMILES string of the molecule is CC1CCC(Nc2cc(Cl)nc(N)n2)C1. The van der Waals surface area contributed by atoms with Crippen LogP contribution >= 0.6 is 11.6 Å². The maximum absolute atomic E-state index is 5.79. The first-order valence-electron chi connectivity index (χ1n) is 5.20. The van der Waals surface area contributed by atoms with Gasteiger partial charge >= 0.3 is 0 Å². The molecule has 1 saturated carbocycles. The minimum Gasteiger partial charge on any atom is -0.368 e. The molecular weight excluding hydrogens is 212 g/mol. The van der Waals surface area contributed by atoms with Crippen LogP contribution in [0.4, 0.5) is 11.8 Å². The molecule has 4 nitrogen and oxygen atoms in total. The van der Waals surface area contributed by atoms with Crippen LogP contribution in [0.2, 0.25) is 5.15 Å². The van der Waals surface area contributed by atoms with Crippen LogP contribution in [0, 0.1) is 5.92 Å². The zero-order chi connectivity index (χ0) is 10.8. The Morgan fingerprint density at radius 1 is 1.47 bits per heavy atom. The van der Waals surface area contributed by atoms with Crippen LogP contribution in [0.3, 0.4) is 0 Å². The number of nitrogen functional groups attached to an aromatic ring is 1. The number of hydrogen-bond donors (Lipinski definition) is 2. The Morgan fingerprint density at radius 3 is 2.87 bits per heavy atom. The Balaban J connectivity index is 2.04. The summed E-state index contributed by atoms with van der Waals surface area (Å²) in [7, 11) is 0. The van der Waals surface area contributed by atoms with Crippen molar-refractivity contribution in [2.45, 2.75) is 32.2 Å². The molecule has 0 spiro atoms. The molecule has 0 aliphatic heterocycles. The first-order valence-corrected chi connectivity index (χ1v) is 5.58. The Labute approximate surface area is 94.2 Å². The van der Waals surface area contributed by atoms with Gasteiger partial charge in [0, 0.05) is 12.1 Å². The van der Waals surface area contributed by atoms with E-state index in [-0.39, 0.29) is 5.95 Å². The van der Waals surface area contributed by atoms with E-state index in [0.717, 1.165) is 11.7 Å². The second kappa shape index (κ2) is 4.23. The predicted molar refractivity (Wildman–Crippen MR) is 61.9 cm³/mol. The maximum Gasteiger partial charge on any atom is 0.223 e. The molecule has 3 N–H and O–H groups in total. The van der Waals surface area contributed by atoms with Crippen LogP contribution in [-0.2, 0) is 0 Å². The molecule has 1 heterocycles. The summed E-state index contributed by atoms with van der Waals surface area (Å²) in [4.78, 5) is 7.91. The predicted octanol–water partition coefficient (Wildman–Crippen LogP) is 2.31. The lowest BCUT2D eigenvalue weighted by molar-refractivity contribution is 0.602. The minimum absolute atomic E-state index is 0.219. The standard InChI is InChI=1S/C10H15ClN4/c1-6-2-3-7(4-6)13-9-5-8(11)14-10(12)15-9/h5-7H,2-4H2,1H3,(H3,12,13,14,15). The van der Waals surface area contributed by atoms with Gasteiger partial charge in [0.05, 0.1) is 0 Å². The summed E-state index contributed by atoms with van der Waals surface area (Å²) in [5.74, 6) is 1.74. The number of anilines is 2. The molecule has 2 unspecified atom stereocenters. The van der Waals surface area contributed by atoms with Crippen molar-refractivity contribution in [3.63, 3.8) is 0 Å². The van der Waals surface area contributed by atoms with Gasteiger partial charge in [0.1, 0.15) is 11.0 Å². The van der Waals surface area contributed by atoms with Crippen molar-refractivity contribution in [3.8, 4) is 0 Å².